The van der Waals surface area contributed by atoms with Crippen LogP contribution in [0.3, 0.4) is 0 Å². The van der Waals surface area contributed by atoms with E-state index in [0.717, 1.165) is 36.5 Å². The Hall–Kier alpha value is -3.05. The van der Waals surface area contributed by atoms with Gasteiger partial charge in [-0.1, -0.05) is 68.3 Å². The molecule has 2 nitrogen and oxygen atoms in total. The van der Waals surface area contributed by atoms with Crippen LogP contribution in [0.5, 0.6) is 0 Å². The van der Waals surface area contributed by atoms with Crippen LogP contribution < -0.4 is 0 Å². The molecule has 1 aliphatic heterocycles. The predicted molar refractivity (Wildman–Crippen MR) is 131 cm³/mol. The fraction of sp³-hybridized carbons (Fsp3) is 0.333. The van der Waals surface area contributed by atoms with Crippen LogP contribution in [0.15, 0.2) is 66.4 Å². The van der Waals surface area contributed by atoms with Crippen LogP contribution in [-0.4, -0.2) is 6.61 Å². The highest BCUT2D eigenvalue weighted by atomic mass is 19.2. The van der Waals surface area contributed by atoms with Gasteiger partial charge < -0.3 is 9.47 Å². The smallest absolute Gasteiger partial charge is 0.167 e. The summed E-state index contributed by atoms with van der Waals surface area (Å²) in [6, 6.07) is 15.0. The summed E-state index contributed by atoms with van der Waals surface area (Å²) in [6.45, 7) is 2.97. The Bertz CT molecular complexity index is 1230. The van der Waals surface area contributed by atoms with Crippen molar-refractivity contribution in [1.82, 2.24) is 0 Å². The maximum atomic E-state index is 14.9. The van der Waals surface area contributed by atoms with Gasteiger partial charge in [-0.25, -0.2) is 13.2 Å². The molecule has 5 heteroatoms. The van der Waals surface area contributed by atoms with E-state index in [2.05, 4.69) is 13.0 Å². The lowest BCUT2D eigenvalue weighted by Crippen LogP contribution is -2.07. The number of benzene rings is 3. The first-order valence-electron chi connectivity index (χ1n) is 12.3. The molecule has 1 fully saturated rings. The van der Waals surface area contributed by atoms with Crippen LogP contribution in [0.1, 0.15) is 56.3 Å². The number of halogens is 3. The lowest BCUT2D eigenvalue weighted by Gasteiger charge is -2.21. The molecule has 0 spiro atoms. The Labute approximate surface area is 204 Å². The van der Waals surface area contributed by atoms with Crippen molar-refractivity contribution in [3.8, 4) is 22.3 Å². The molecule has 3 aromatic rings. The van der Waals surface area contributed by atoms with Crippen LogP contribution in [0.25, 0.3) is 22.3 Å². The fourth-order valence-electron chi connectivity index (χ4n) is 4.82. The van der Waals surface area contributed by atoms with Gasteiger partial charge in [0.15, 0.2) is 11.6 Å². The molecule has 5 rings (SSSR count). The minimum Gasteiger partial charge on any atom is -0.494 e. The number of allylic oxidation sites excluding steroid dienone is 2. The molecular formula is C30H29F3O2. The Kier molecular flexibility index (Phi) is 6.96. The molecular weight excluding hydrogens is 449 g/mol. The monoisotopic (exact) mass is 478 g/mol. The zero-order chi connectivity index (χ0) is 24.4. The minimum atomic E-state index is -0.893. The molecule has 182 valence electrons. The van der Waals surface area contributed by atoms with Gasteiger partial charge in [0.2, 0.25) is 0 Å². The molecule has 0 radical (unpaired) electrons. The third-order valence-electron chi connectivity index (χ3n) is 6.93. The normalized spacial score (nSPS) is 19.4. The van der Waals surface area contributed by atoms with E-state index in [9.17, 15) is 13.2 Å². The van der Waals surface area contributed by atoms with E-state index in [-0.39, 0.29) is 23.0 Å². The molecule has 0 bridgehead atoms. The maximum absolute atomic E-state index is 14.9. The summed E-state index contributed by atoms with van der Waals surface area (Å²) < 4.78 is 54.9. The van der Waals surface area contributed by atoms with Crippen LogP contribution in [-0.2, 0) is 16.1 Å². The third-order valence-corrected chi connectivity index (χ3v) is 6.93. The lowest BCUT2D eigenvalue weighted by atomic mass is 9.90. The molecule has 2 aliphatic rings. The molecule has 35 heavy (non-hydrogen) atoms. The van der Waals surface area contributed by atoms with E-state index in [0.29, 0.717) is 29.9 Å². The first-order valence-corrected chi connectivity index (χ1v) is 12.3. The molecule has 2 atom stereocenters. The highest BCUT2D eigenvalue weighted by Gasteiger charge is 2.30. The summed E-state index contributed by atoms with van der Waals surface area (Å²) in [7, 11) is 0. The first-order chi connectivity index (χ1) is 17.0. The van der Waals surface area contributed by atoms with Gasteiger partial charge in [0.25, 0.3) is 0 Å². The van der Waals surface area contributed by atoms with Crippen molar-refractivity contribution in [1.29, 1.82) is 0 Å². The Morgan fingerprint density at radius 2 is 1.63 bits per heavy atom. The summed E-state index contributed by atoms with van der Waals surface area (Å²) in [5, 5.41) is 0. The summed E-state index contributed by atoms with van der Waals surface area (Å²) in [6.07, 6.45) is 7.44. The molecule has 0 saturated carbocycles. The van der Waals surface area contributed by atoms with Gasteiger partial charge in [-0.2, -0.15) is 0 Å². The van der Waals surface area contributed by atoms with Gasteiger partial charge in [-0.15, -0.1) is 0 Å². The number of hydrogen-bond acceptors (Lipinski definition) is 2. The van der Waals surface area contributed by atoms with Crippen LogP contribution in [0.2, 0.25) is 0 Å². The summed E-state index contributed by atoms with van der Waals surface area (Å²) in [5.74, 6) is -0.357. The standard InChI is InChI=1S/C30H29F3O2/c1-2-3-19-4-11-23(12-5-19)34-17-20-6-13-24(27(31)16-20)21-7-9-22(10-8-21)25-14-15-26(28-18-35-28)30(33)29(25)32/h6-11,13-16,19,28H,2-5,12,17-18H2,1H3. The molecule has 0 aromatic heterocycles. The average molecular weight is 479 g/mol. The van der Waals surface area contributed by atoms with Gasteiger partial charge in [0.1, 0.15) is 18.5 Å². The van der Waals surface area contributed by atoms with Gasteiger partial charge in [-0.05, 0) is 47.6 Å². The molecule has 0 N–H and O–H groups in total. The van der Waals surface area contributed by atoms with Gasteiger partial charge >= 0.3 is 0 Å². The van der Waals surface area contributed by atoms with Crippen molar-refractivity contribution in [2.75, 3.05) is 6.61 Å². The molecule has 1 aliphatic carbocycles. The van der Waals surface area contributed by atoms with E-state index < -0.39 is 11.6 Å². The van der Waals surface area contributed by atoms with E-state index >= 15 is 0 Å². The molecule has 1 heterocycles. The molecule has 3 aromatic carbocycles. The van der Waals surface area contributed by atoms with Crippen LogP contribution in [0.4, 0.5) is 13.2 Å². The van der Waals surface area contributed by atoms with Crippen molar-refractivity contribution >= 4 is 0 Å². The second-order valence-electron chi connectivity index (χ2n) is 9.43. The topological polar surface area (TPSA) is 21.8 Å². The summed E-state index contributed by atoms with van der Waals surface area (Å²) in [4.78, 5) is 0. The van der Waals surface area contributed by atoms with E-state index in [1.54, 1.807) is 42.5 Å². The van der Waals surface area contributed by atoms with Crippen molar-refractivity contribution in [3.63, 3.8) is 0 Å². The number of epoxide rings is 1. The minimum absolute atomic E-state index is 0.171. The zero-order valence-electron chi connectivity index (χ0n) is 19.8. The van der Waals surface area contributed by atoms with Gasteiger partial charge in [0.05, 0.1) is 12.4 Å². The number of rotatable bonds is 8. The van der Waals surface area contributed by atoms with E-state index in [4.69, 9.17) is 9.47 Å². The average Bonchev–Trinajstić information content (AvgIpc) is 3.71. The Morgan fingerprint density at radius 1 is 0.914 bits per heavy atom. The van der Waals surface area contributed by atoms with Crippen LogP contribution in [0, 0.1) is 23.4 Å². The summed E-state index contributed by atoms with van der Waals surface area (Å²) >= 11 is 0. The predicted octanol–water partition coefficient (Wildman–Crippen LogP) is 8.51. The molecule has 1 saturated heterocycles. The second-order valence-corrected chi connectivity index (χ2v) is 9.43. The van der Waals surface area contributed by atoms with E-state index in [1.807, 2.05) is 6.07 Å². The van der Waals surface area contributed by atoms with Crippen LogP contribution >= 0.6 is 0 Å². The zero-order valence-corrected chi connectivity index (χ0v) is 19.8. The SMILES string of the molecule is CCCC1CC=C(OCc2ccc(-c3ccc(-c4ccc(C5CO5)c(F)c4F)cc3)c(F)c2)CC1. The van der Waals surface area contributed by atoms with Gasteiger partial charge in [0, 0.05) is 23.1 Å². The maximum Gasteiger partial charge on any atom is 0.167 e. The molecule has 2 unspecified atom stereocenters. The lowest BCUT2D eigenvalue weighted by molar-refractivity contribution is 0.174. The quantitative estimate of drug-likeness (QED) is 0.303. The third kappa shape index (κ3) is 5.30. The highest BCUT2D eigenvalue weighted by Crippen LogP contribution is 2.36. The fourth-order valence-corrected chi connectivity index (χ4v) is 4.82. The summed E-state index contributed by atoms with van der Waals surface area (Å²) in [5.41, 5.74) is 2.84. The van der Waals surface area contributed by atoms with E-state index in [1.165, 1.54) is 18.9 Å². The van der Waals surface area contributed by atoms with Crippen molar-refractivity contribution in [3.05, 3.63) is 95.0 Å². The largest absolute Gasteiger partial charge is 0.494 e. The van der Waals surface area contributed by atoms with Crippen molar-refractivity contribution in [2.24, 2.45) is 5.92 Å². The Morgan fingerprint density at radius 3 is 2.26 bits per heavy atom. The van der Waals surface area contributed by atoms with Crippen molar-refractivity contribution in [2.45, 2.75) is 51.7 Å². The number of hydrogen-bond donors (Lipinski definition) is 0. The molecule has 0 amide bonds. The Balaban J connectivity index is 1.26. The second kappa shape index (κ2) is 10.3. The van der Waals surface area contributed by atoms with Gasteiger partial charge in [-0.3, -0.25) is 0 Å². The van der Waals surface area contributed by atoms with Crippen molar-refractivity contribution < 1.29 is 22.6 Å². The first kappa shape index (κ1) is 23.7. The number of ether oxygens (including phenoxy) is 2. The highest BCUT2D eigenvalue weighted by molar-refractivity contribution is 5.71.